The number of likely N-dealkylation sites (N-methyl/N-ethyl adjacent to an activating group) is 1. The Kier molecular flexibility index (Phi) is 7.41. The number of aryl methyl sites for hydroxylation is 1. The molecule has 1 aromatic rings. The molecule has 0 bridgehead atoms. The molecule has 2 heterocycles. The Morgan fingerprint density at radius 2 is 1.96 bits per heavy atom. The SMILES string of the molecule is CCN(CCSc1ccc(C)cc1)C(=O)[C@@H]1CCCN1C1CCNCC1. The van der Waals surface area contributed by atoms with Crippen molar-refractivity contribution in [2.75, 3.05) is 38.5 Å². The third-order valence-electron chi connectivity index (χ3n) is 5.70. The van der Waals surface area contributed by atoms with Crippen LogP contribution in [0.15, 0.2) is 29.2 Å². The van der Waals surface area contributed by atoms with Gasteiger partial charge in [0, 0.05) is 29.8 Å². The van der Waals surface area contributed by atoms with Gasteiger partial charge in [-0.25, -0.2) is 0 Å². The molecule has 0 unspecified atom stereocenters. The van der Waals surface area contributed by atoms with E-state index in [0.717, 1.165) is 51.3 Å². The van der Waals surface area contributed by atoms with Gasteiger partial charge in [-0.2, -0.15) is 0 Å². The highest BCUT2D eigenvalue weighted by Crippen LogP contribution is 2.26. The van der Waals surface area contributed by atoms with Crippen molar-refractivity contribution in [3.8, 4) is 0 Å². The number of amides is 1. The molecule has 0 aromatic heterocycles. The number of likely N-dealkylation sites (tertiary alicyclic amines) is 1. The molecule has 1 aromatic carbocycles. The Balaban J connectivity index is 1.52. The first-order valence-corrected chi connectivity index (χ1v) is 11.1. The van der Waals surface area contributed by atoms with E-state index in [1.165, 1.54) is 23.3 Å². The summed E-state index contributed by atoms with van der Waals surface area (Å²) in [5, 5.41) is 3.44. The number of hydrogen-bond acceptors (Lipinski definition) is 4. The van der Waals surface area contributed by atoms with E-state index in [0.29, 0.717) is 11.9 Å². The van der Waals surface area contributed by atoms with E-state index < -0.39 is 0 Å². The lowest BCUT2D eigenvalue weighted by molar-refractivity contribution is -0.136. The molecule has 1 amide bonds. The van der Waals surface area contributed by atoms with Gasteiger partial charge in [-0.1, -0.05) is 17.7 Å². The molecule has 2 aliphatic heterocycles. The summed E-state index contributed by atoms with van der Waals surface area (Å²) in [7, 11) is 0. The molecule has 4 nitrogen and oxygen atoms in total. The van der Waals surface area contributed by atoms with Gasteiger partial charge in [0.25, 0.3) is 0 Å². The van der Waals surface area contributed by atoms with E-state index in [9.17, 15) is 4.79 Å². The molecule has 1 N–H and O–H groups in total. The van der Waals surface area contributed by atoms with Gasteiger partial charge < -0.3 is 10.2 Å². The summed E-state index contributed by atoms with van der Waals surface area (Å²) >= 11 is 1.85. The predicted molar refractivity (Wildman–Crippen MR) is 110 cm³/mol. The molecule has 26 heavy (non-hydrogen) atoms. The van der Waals surface area contributed by atoms with Crippen LogP contribution in [-0.2, 0) is 4.79 Å². The molecular weight excluding hydrogens is 342 g/mol. The minimum atomic E-state index is 0.113. The number of carbonyl (C=O) groups is 1. The van der Waals surface area contributed by atoms with E-state index in [-0.39, 0.29) is 6.04 Å². The highest BCUT2D eigenvalue weighted by atomic mass is 32.2. The Hall–Kier alpha value is -1.04. The van der Waals surface area contributed by atoms with Gasteiger partial charge in [0.05, 0.1) is 6.04 Å². The normalized spacial score (nSPS) is 21.8. The van der Waals surface area contributed by atoms with Gasteiger partial charge in [0.1, 0.15) is 0 Å². The lowest BCUT2D eigenvalue weighted by Crippen LogP contribution is -2.52. The summed E-state index contributed by atoms with van der Waals surface area (Å²) in [5.74, 6) is 1.32. The quantitative estimate of drug-likeness (QED) is 0.743. The van der Waals surface area contributed by atoms with E-state index in [4.69, 9.17) is 0 Å². The number of nitrogens with one attached hydrogen (secondary N) is 1. The van der Waals surface area contributed by atoms with Gasteiger partial charge >= 0.3 is 0 Å². The van der Waals surface area contributed by atoms with Crippen molar-refractivity contribution in [2.24, 2.45) is 0 Å². The Morgan fingerprint density at radius 1 is 1.23 bits per heavy atom. The number of rotatable bonds is 7. The van der Waals surface area contributed by atoms with Gasteiger partial charge in [0.2, 0.25) is 5.91 Å². The van der Waals surface area contributed by atoms with E-state index in [1.54, 1.807) is 0 Å². The van der Waals surface area contributed by atoms with Crippen LogP contribution >= 0.6 is 11.8 Å². The minimum absolute atomic E-state index is 0.113. The maximum absolute atomic E-state index is 13.2. The second-order valence-electron chi connectivity index (χ2n) is 7.46. The monoisotopic (exact) mass is 375 g/mol. The Bertz CT molecular complexity index is 571. The second-order valence-corrected chi connectivity index (χ2v) is 8.62. The van der Waals surface area contributed by atoms with E-state index >= 15 is 0 Å². The lowest BCUT2D eigenvalue weighted by Gasteiger charge is -2.37. The fraction of sp³-hybridized carbons (Fsp3) is 0.667. The lowest BCUT2D eigenvalue weighted by atomic mass is 10.0. The fourth-order valence-electron chi connectivity index (χ4n) is 4.17. The standard InChI is InChI=1S/C21H33N3OS/c1-3-23(15-16-26-19-8-6-17(2)7-9-19)21(25)20-5-4-14-24(20)18-10-12-22-13-11-18/h6-9,18,20,22H,3-5,10-16H2,1-2H3/t20-/m0/s1. The number of carbonyl (C=O) groups excluding carboxylic acids is 1. The minimum Gasteiger partial charge on any atom is -0.341 e. The molecule has 0 saturated carbocycles. The average Bonchev–Trinajstić information content (AvgIpc) is 3.17. The van der Waals surface area contributed by atoms with Crippen molar-refractivity contribution in [1.29, 1.82) is 0 Å². The predicted octanol–water partition coefficient (Wildman–Crippen LogP) is 3.15. The Morgan fingerprint density at radius 3 is 2.65 bits per heavy atom. The second kappa shape index (κ2) is 9.77. The van der Waals surface area contributed by atoms with Crippen LogP contribution < -0.4 is 5.32 Å². The smallest absolute Gasteiger partial charge is 0.239 e. The number of piperidine rings is 1. The first-order valence-electron chi connectivity index (χ1n) is 10.1. The zero-order valence-corrected chi connectivity index (χ0v) is 17.1. The van der Waals surface area contributed by atoms with Crippen LogP contribution in [0.5, 0.6) is 0 Å². The molecular formula is C21H33N3OS. The van der Waals surface area contributed by atoms with Crippen molar-refractivity contribution in [1.82, 2.24) is 15.1 Å². The largest absolute Gasteiger partial charge is 0.341 e. The van der Waals surface area contributed by atoms with Crippen LogP contribution in [0.25, 0.3) is 0 Å². The van der Waals surface area contributed by atoms with E-state index in [1.807, 2.05) is 11.8 Å². The number of benzene rings is 1. The zero-order valence-electron chi connectivity index (χ0n) is 16.2. The third kappa shape index (κ3) is 5.02. The van der Waals surface area contributed by atoms with E-state index in [2.05, 4.69) is 53.2 Å². The summed E-state index contributed by atoms with van der Waals surface area (Å²) in [6, 6.07) is 9.36. The van der Waals surface area contributed by atoms with Crippen LogP contribution in [0.3, 0.4) is 0 Å². The van der Waals surface area contributed by atoms with Crippen molar-refractivity contribution in [3.05, 3.63) is 29.8 Å². The van der Waals surface area contributed by atoms with Crippen LogP contribution in [0.4, 0.5) is 0 Å². The van der Waals surface area contributed by atoms with Gasteiger partial charge in [-0.05, 0) is 71.3 Å². The highest BCUT2D eigenvalue weighted by molar-refractivity contribution is 7.99. The molecule has 0 spiro atoms. The molecule has 144 valence electrons. The number of thioether (sulfide) groups is 1. The summed E-state index contributed by atoms with van der Waals surface area (Å²) < 4.78 is 0. The molecule has 1 atom stereocenters. The number of nitrogens with zero attached hydrogens (tertiary/aromatic N) is 2. The van der Waals surface area contributed by atoms with Crippen molar-refractivity contribution in [2.45, 2.75) is 56.5 Å². The van der Waals surface area contributed by atoms with Crippen molar-refractivity contribution < 1.29 is 4.79 Å². The van der Waals surface area contributed by atoms with Crippen molar-refractivity contribution >= 4 is 17.7 Å². The van der Waals surface area contributed by atoms with Gasteiger partial charge in [-0.3, -0.25) is 9.69 Å². The first-order chi connectivity index (χ1) is 12.7. The van der Waals surface area contributed by atoms with Crippen LogP contribution in [0, 0.1) is 6.92 Å². The summed E-state index contributed by atoms with van der Waals surface area (Å²) in [6.07, 6.45) is 4.55. The summed E-state index contributed by atoms with van der Waals surface area (Å²) in [6.45, 7) is 9.14. The Labute approximate surface area is 162 Å². The molecule has 2 aliphatic rings. The zero-order chi connectivity index (χ0) is 18.4. The first kappa shape index (κ1) is 19.7. The third-order valence-corrected chi connectivity index (χ3v) is 6.69. The molecule has 2 fully saturated rings. The topological polar surface area (TPSA) is 35.6 Å². The fourth-order valence-corrected chi connectivity index (χ4v) is 5.05. The summed E-state index contributed by atoms with van der Waals surface area (Å²) in [4.78, 5) is 19.1. The van der Waals surface area contributed by atoms with Crippen LogP contribution in [-0.4, -0.2) is 66.3 Å². The molecule has 0 radical (unpaired) electrons. The maximum Gasteiger partial charge on any atom is 0.239 e. The highest BCUT2D eigenvalue weighted by Gasteiger charge is 2.37. The van der Waals surface area contributed by atoms with Crippen LogP contribution in [0.1, 0.15) is 38.2 Å². The molecule has 2 saturated heterocycles. The molecule has 3 rings (SSSR count). The van der Waals surface area contributed by atoms with Crippen LogP contribution in [0.2, 0.25) is 0 Å². The van der Waals surface area contributed by atoms with Crippen molar-refractivity contribution in [3.63, 3.8) is 0 Å². The maximum atomic E-state index is 13.2. The van der Waals surface area contributed by atoms with Gasteiger partial charge in [0.15, 0.2) is 0 Å². The molecule has 0 aliphatic carbocycles. The summed E-state index contributed by atoms with van der Waals surface area (Å²) in [5.41, 5.74) is 1.29. The van der Waals surface area contributed by atoms with Gasteiger partial charge in [-0.15, -0.1) is 11.8 Å². The molecule has 5 heteroatoms. The average molecular weight is 376 g/mol. The number of hydrogen-bond donors (Lipinski definition) is 1.